The van der Waals surface area contributed by atoms with Gasteiger partial charge in [0.1, 0.15) is 0 Å². The van der Waals surface area contributed by atoms with Crippen LogP contribution in [0.4, 0.5) is 0 Å². The summed E-state index contributed by atoms with van der Waals surface area (Å²) in [6.07, 6.45) is 1.13. The van der Waals surface area contributed by atoms with Crippen molar-refractivity contribution in [3.63, 3.8) is 0 Å². The lowest BCUT2D eigenvalue weighted by Crippen LogP contribution is -2.39. The minimum absolute atomic E-state index is 0.196. The van der Waals surface area contributed by atoms with Gasteiger partial charge in [-0.25, -0.2) is 8.42 Å². The quantitative estimate of drug-likeness (QED) is 0.769. The van der Waals surface area contributed by atoms with Crippen LogP contribution in [0.2, 0.25) is 5.02 Å². The first kappa shape index (κ1) is 17.9. The Bertz CT molecular complexity index is 560. The first-order valence-electron chi connectivity index (χ1n) is 6.32. The number of hydrogen-bond donors (Lipinski definition) is 1. The maximum absolute atomic E-state index is 11.9. The summed E-state index contributed by atoms with van der Waals surface area (Å²) in [4.78, 5) is 11.9. The summed E-state index contributed by atoms with van der Waals surface area (Å²) in [5, 5.41) is 3.22. The number of rotatable bonds is 8. The van der Waals surface area contributed by atoms with Crippen molar-refractivity contribution in [2.75, 3.05) is 39.6 Å². The van der Waals surface area contributed by atoms with Gasteiger partial charge in [-0.1, -0.05) is 11.6 Å². The average Bonchev–Trinajstić information content (AvgIpc) is 2.41. The number of amides is 1. The van der Waals surface area contributed by atoms with Crippen LogP contribution in [0.25, 0.3) is 0 Å². The molecule has 0 bridgehead atoms. The van der Waals surface area contributed by atoms with E-state index in [0.717, 1.165) is 6.26 Å². The van der Waals surface area contributed by atoms with Gasteiger partial charge in [-0.2, -0.15) is 4.31 Å². The molecule has 1 aromatic rings. The summed E-state index contributed by atoms with van der Waals surface area (Å²) >= 11 is 5.74. The molecule has 0 unspecified atom stereocenters. The fourth-order valence-corrected chi connectivity index (χ4v) is 2.59. The van der Waals surface area contributed by atoms with Crippen molar-refractivity contribution in [3.8, 4) is 0 Å². The highest BCUT2D eigenvalue weighted by Gasteiger charge is 2.16. The van der Waals surface area contributed by atoms with Crippen molar-refractivity contribution in [1.82, 2.24) is 9.62 Å². The Labute approximate surface area is 130 Å². The van der Waals surface area contributed by atoms with Crippen LogP contribution in [-0.2, 0) is 14.8 Å². The number of halogens is 1. The molecule has 1 N–H and O–H groups in total. The molecule has 0 spiro atoms. The number of nitrogens with zero attached hydrogens (tertiary/aromatic N) is 1. The number of ether oxygens (including phenoxy) is 1. The van der Waals surface area contributed by atoms with Gasteiger partial charge in [0.2, 0.25) is 10.0 Å². The molecule has 0 aliphatic carbocycles. The number of nitrogens with one attached hydrogen (secondary N) is 1. The van der Waals surface area contributed by atoms with Gasteiger partial charge in [0, 0.05) is 37.3 Å². The van der Waals surface area contributed by atoms with Crippen LogP contribution in [0.15, 0.2) is 24.3 Å². The molecule has 0 aliphatic heterocycles. The van der Waals surface area contributed by atoms with E-state index >= 15 is 0 Å². The van der Waals surface area contributed by atoms with Gasteiger partial charge in [-0.05, 0) is 24.3 Å². The van der Waals surface area contributed by atoms with Crippen LogP contribution < -0.4 is 5.32 Å². The van der Waals surface area contributed by atoms with E-state index in [2.05, 4.69) is 5.32 Å². The van der Waals surface area contributed by atoms with Crippen molar-refractivity contribution in [1.29, 1.82) is 0 Å². The Morgan fingerprint density at radius 2 is 1.90 bits per heavy atom. The normalized spacial score (nSPS) is 11.6. The molecule has 1 rings (SSSR count). The van der Waals surface area contributed by atoms with E-state index < -0.39 is 10.0 Å². The number of carbonyl (C=O) groups excluding carboxylic acids is 1. The third-order valence-corrected chi connectivity index (χ3v) is 4.32. The maximum atomic E-state index is 11.9. The molecular formula is C13H19ClN2O4S. The highest BCUT2D eigenvalue weighted by Crippen LogP contribution is 2.09. The third kappa shape index (κ3) is 6.43. The zero-order valence-electron chi connectivity index (χ0n) is 12.0. The third-order valence-electron chi connectivity index (χ3n) is 2.77. The Morgan fingerprint density at radius 3 is 2.43 bits per heavy atom. The van der Waals surface area contributed by atoms with Crippen molar-refractivity contribution < 1.29 is 17.9 Å². The smallest absolute Gasteiger partial charge is 0.251 e. The second kappa shape index (κ2) is 8.33. The van der Waals surface area contributed by atoms with Crippen molar-refractivity contribution in [2.45, 2.75) is 0 Å². The van der Waals surface area contributed by atoms with Gasteiger partial charge in [0.25, 0.3) is 5.91 Å². The van der Waals surface area contributed by atoms with Crippen LogP contribution in [0.3, 0.4) is 0 Å². The van der Waals surface area contributed by atoms with Gasteiger partial charge in [0.15, 0.2) is 0 Å². The molecule has 0 aliphatic rings. The van der Waals surface area contributed by atoms with E-state index in [1.807, 2.05) is 0 Å². The van der Waals surface area contributed by atoms with Crippen LogP contribution in [-0.4, -0.2) is 58.2 Å². The van der Waals surface area contributed by atoms with Crippen molar-refractivity contribution in [2.24, 2.45) is 0 Å². The minimum Gasteiger partial charge on any atom is -0.383 e. The summed E-state index contributed by atoms with van der Waals surface area (Å²) in [5.74, 6) is -0.271. The summed E-state index contributed by atoms with van der Waals surface area (Å²) in [6.45, 7) is 0.976. The molecule has 0 saturated carbocycles. The van der Waals surface area contributed by atoms with Gasteiger partial charge in [-0.3, -0.25) is 4.79 Å². The highest BCUT2D eigenvalue weighted by atomic mass is 35.5. The molecular weight excluding hydrogens is 316 g/mol. The van der Waals surface area contributed by atoms with Crippen LogP contribution in [0, 0.1) is 0 Å². The summed E-state index contributed by atoms with van der Waals surface area (Å²) in [7, 11) is -1.82. The average molecular weight is 335 g/mol. The molecule has 8 heteroatoms. The van der Waals surface area contributed by atoms with E-state index in [1.165, 1.54) is 11.4 Å². The van der Waals surface area contributed by atoms with E-state index in [9.17, 15) is 13.2 Å². The predicted octanol–water partition coefficient (Wildman–Crippen LogP) is 0.978. The van der Waals surface area contributed by atoms with E-state index in [-0.39, 0.29) is 25.5 Å². The van der Waals surface area contributed by atoms with Gasteiger partial charge in [-0.15, -0.1) is 0 Å². The number of benzene rings is 1. The van der Waals surface area contributed by atoms with E-state index in [4.69, 9.17) is 16.3 Å². The predicted molar refractivity (Wildman–Crippen MR) is 82.1 cm³/mol. The first-order valence-corrected chi connectivity index (χ1v) is 8.55. The monoisotopic (exact) mass is 334 g/mol. The van der Waals surface area contributed by atoms with Crippen LogP contribution >= 0.6 is 11.6 Å². The molecule has 21 heavy (non-hydrogen) atoms. The molecule has 1 amide bonds. The van der Waals surface area contributed by atoms with Gasteiger partial charge >= 0.3 is 0 Å². The molecule has 0 saturated heterocycles. The van der Waals surface area contributed by atoms with Gasteiger partial charge < -0.3 is 10.1 Å². The summed E-state index contributed by atoms with van der Waals surface area (Å²) in [5.41, 5.74) is 0.474. The summed E-state index contributed by atoms with van der Waals surface area (Å²) < 4.78 is 29.3. The molecule has 0 aromatic heterocycles. The summed E-state index contributed by atoms with van der Waals surface area (Å²) in [6, 6.07) is 6.46. The van der Waals surface area contributed by atoms with Crippen molar-refractivity contribution >= 4 is 27.5 Å². The minimum atomic E-state index is -3.32. The zero-order chi connectivity index (χ0) is 15.9. The lowest BCUT2D eigenvalue weighted by molar-refractivity contribution is 0.0950. The molecule has 0 radical (unpaired) electrons. The fourth-order valence-electron chi connectivity index (χ4n) is 1.63. The van der Waals surface area contributed by atoms with E-state index in [1.54, 1.807) is 24.3 Å². The van der Waals surface area contributed by atoms with Gasteiger partial charge in [0.05, 0.1) is 12.9 Å². The number of sulfonamides is 1. The molecule has 6 nitrogen and oxygen atoms in total. The molecule has 0 atom stereocenters. The number of methoxy groups -OCH3 is 1. The van der Waals surface area contributed by atoms with Crippen LogP contribution in [0.5, 0.6) is 0 Å². The second-order valence-electron chi connectivity index (χ2n) is 4.42. The largest absolute Gasteiger partial charge is 0.383 e. The van der Waals surface area contributed by atoms with E-state index in [0.29, 0.717) is 17.2 Å². The number of carbonyl (C=O) groups is 1. The van der Waals surface area contributed by atoms with Crippen LogP contribution in [0.1, 0.15) is 10.4 Å². The standard InChI is InChI=1S/C13H19ClN2O4S/c1-20-10-9-16(21(2,18)19)8-7-15-13(17)11-3-5-12(14)6-4-11/h3-6H,7-10H2,1-2H3,(H,15,17). The highest BCUT2D eigenvalue weighted by molar-refractivity contribution is 7.88. The topological polar surface area (TPSA) is 75.7 Å². The Hall–Kier alpha value is -1.15. The van der Waals surface area contributed by atoms with Crippen molar-refractivity contribution in [3.05, 3.63) is 34.9 Å². The lowest BCUT2D eigenvalue weighted by Gasteiger charge is -2.19. The molecule has 0 fully saturated rings. The lowest BCUT2D eigenvalue weighted by atomic mass is 10.2. The zero-order valence-corrected chi connectivity index (χ0v) is 13.6. The maximum Gasteiger partial charge on any atom is 0.251 e. The number of hydrogen-bond acceptors (Lipinski definition) is 4. The molecule has 118 valence electrons. The molecule has 1 aromatic carbocycles. The Balaban J connectivity index is 2.50. The first-order chi connectivity index (χ1) is 9.84. The SMILES string of the molecule is COCCN(CCNC(=O)c1ccc(Cl)cc1)S(C)(=O)=O. The fraction of sp³-hybridized carbons (Fsp3) is 0.462. The Morgan fingerprint density at radius 1 is 1.29 bits per heavy atom. The second-order valence-corrected chi connectivity index (χ2v) is 6.84. The molecule has 0 heterocycles. The Kier molecular flexibility index (Phi) is 7.10.